The van der Waals surface area contributed by atoms with Crippen molar-refractivity contribution in [1.82, 2.24) is 0 Å². The molecule has 4 aromatic rings. The summed E-state index contributed by atoms with van der Waals surface area (Å²) >= 11 is 7.21. The van der Waals surface area contributed by atoms with Crippen LogP contribution in [0, 0.1) is 0 Å². The van der Waals surface area contributed by atoms with Gasteiger partial charge in [0, 0.05) is 10.7 Å². The van der Waals surface area contributed by atoms with E-state index in [1.54, 1.807) is 0 Å². The summed E-state index contributed by atoms with van der Waals surface area (Å²) in [6.45, 7) is 0. The van der Waals surface area contributed by atoms with Crippen LogP contribution in [0.25, 0.3) is 0 Å². The molecule has 0 spiro atoms. The maximum absolute atomic E-state index is 3.60. The second-order valence-electron chi connectivity index (χ2n) is 9.07. The SMILES string of the molecule is BrCc1ccc(C2CC(c3ccc(CBr)cc3)C(c3ccccc3)C2c2ccccc2)cc1. The van der Waals surface area contributed by atoms with Crippen LogP contribution in [-0.2, 0) is 10.7 Å². The summed E-state index contributed by atoms with van der Waals surface area (Å²) in [5.74, 6) is 1.82. The molecule has 0 nitrogen and oxygen atoms in total. The Kier molecular flexibility index (Phi) is 7.13. The Morgan fingerprint density at radius 2 is 0.818 bits per heavy atom. The highest BCUT2D eigenvalue weighted by Crippen LogP contribution is 2.60. The summed E-state index contributed by atoms with van der Waals surface area (Å²) < 4.78 is 0. The van der Waals surface area contributed by atoms with Crippen molar-refractivity contribution in [3.05, 3.63) is 143 Å². The van der Waals surface area contributed by atoms with Gasteiger partial charge >= 0.3 is 0 Å². The van der Waals surface area contributed by atoms with Crippen molar-refractivity contribution in [2.45, 2.75) is 40.8 Å². The fourth-order valence-electron chi connectivity index (χ4n) is 5.69. The van der Waals surface area contributed by atoms with E-state index in [0.717, 1.165) is 17.1 Å². The maximum Gasteiger partial charge on any atom is 0.0283 e. The molecule has 4 atom stereocenters. The van der Waals surface area contributed by atoms with Crippen LogP contribution < -0.4 is 0 Å². The van der Waals surface area contributed by atoms with Crippen molar-refractivity contribution < 1.29 is 0 Å². The Balaban J connectivity index is 1.65. The summed E-state index contributed by atoms with van der Waals surface area (Å²) in [6.07, 6.45) is 1.15. The Labute approximate surface area is 214 Å². The minimum atomic E-state index is 0.435. The lowest BCUT2D eigenvalue weighted by Gasteiger charge is -2.29. The molecule has 0 amide bonds. The summed E-state index contributed by atoms with van der Waals surface area (Å²) in [7, 11) is 0. The van der Waals surface area contributed by atoms with Gasteiger partial charge in [0.15, 0.2) is 0 Å². The molecule has 1 saturated carbocycles. The van der Waals surface area contributed by atoms with Crippen LogP contribution in [0.5, 0.6) is 0 Å². The lowest BCUT2D eigenvalue weighted by molar-refractivity contribution is 0.553. The fraction of sp³-hybridized carbons (Fsp3) is 0.226. The molecule has 0 aromatic heterocycles. The van der Waals surface area contributed by atoms with Gasteiger partial charge in [0.25, 0.3) is 0 Å². The largest absolute Gasteiger partial charge is 0.0876 e. The first-order chi connectivity index (χ1) is 16.3. The van der Waals surface area contributed by atoms with Crippen molar-refractivity contribution >= 4 is 31.9 Å². The highest BCUT2D eigenvalue weighted by atomic mass is 79.9. The molecule has 33 heavy (non-hydrogen) atoms. The van der Waals surface area contributed by atoms with Gasteiger partial charge in [-0.3, -0.25) is 0 Å². The van der Waals surface area contributed by atoms with Gasteiger partial charge in [-0.25, -0.2) is 0 Å². The van der Waals surface area contributed by atoms with Crippen LogP contribution in [0.15, 0.2) is 109 Å². The average molecular weight is 560 g/mol. The normalized spacial score (nSPS) is 22.4. The first kappa shape index (κ1) is 22.6. The molecule has 1 aliphatic carbocycles. The number of halogens is 2. The van der Waals surface area contributed by atoms with E-state index in [4.69, 9.17) is 0 Å². The molecule has 166 valence electrons. The molecule has 1 aliphatic rings. The fourth-order valence-corrected chi connectivity index (χ4v) is 6.44. The second-order valence-corrected chi connectivity index (χ2v) is 10.2. The van der Waals surface area contributed by atoms with Gasteiger partial charge in [-0.15, -0.1) is 0 Å². The molecule has 2 heteroatoms. The Hall–Kier alpha value is -2.16. The van der Waals surface area contributed by atoms with Gasteiger partial charge in [0.1, 0.15) is 0 Å². The van der Waals surface area contributed by atoms with Gasteiger partial charge < -0.3 is 0 Å². The van der Waals surface area contributed by atoms with Crippen LogP contribution in [-0.4, -0.2) is 0 Å². The summed E-state index contributed by atoms with van der Waals surface area (Å²) in [6, 6.07) is 40.9. The summed E-state index contributed by atoms with van der Waals surface area (Å²) in [5.41, 5.74) is 8.45. The average Bonchev–Trinajstić information content (AvgIpc) is 3.30. The van der Waals surface area contributed by atoms with Crippen LogP contribution in [0.1, 0.15) is 63.5 Å². The lowest BCUT2D eigenvalue weighted by atomic mass is 9.75. The number of alkyl halides is 2. The number of hydrogen-bond donors (Lipinski definition) is 0. The van der Waals surface area contributed by atoms with E-state index in [0.29, 0.717) is 23.7 Å². The van der Waals surface area contributed by atoms with E-state index in [9.17, 15) is 0 Å². The molecule has 0 aliphatic heterocycles. The van der Waals surface area contributed by atoms with E-state index in [1.165, 1.54) is 33.4 Å². The van der Waals surface area contributed by atoms with Gasteiger partial charge in [-0.1, -0.05) is 141 Å². The zero-order valence-corrected chi connectivity index (χ0v) is 21.8. The number of benzene rings is 4. The van der Waals surface area contributed by atoms with Crippen LogP contribution in [0.3, 0.4) is 0 Å². The van der Waals surface area contributed by atoms with E-state index in [2.05, 4.69) is 141 Å². The molecule has 0 bridgehead atoms. The van der Waals surface area contributed by atoms with Crippen molar-refractivity contribution in [2.75, 3.05) is 0 Å². The third-order valence-corrected chi connectivity index (χ3v) is 8.55. The van der Waals surface area contributed by atoms with Crippen molar-refractivity contribution in [2.24, 2.45) is 0 Å². The molecule has 0 saturated heterocycles. The van der Waals surface area contributed by atoms with Gasteiger partial charge in [-0.05, 0) is 63.5 Å². The smallest absolute Gasteiger partial charge is 0.0283 e. The molecule has 1 fully saturated rings. The summed E-state index contributed by atoms with van der Waals surface area (Å²) in [5, 5.41) is 1.80. The zero-order chi connectivity index (χ0) is 22.6. The lowest BCUT2D eigenvalue weighted by Crippen LogP contribution is -2.14. The van der Waals surface area contributed by atoms with Crippen molar-refractivity contribution in [3.63, 3.8) is 0 Å². The maximum atomic E-state index is 3.60. The van der Waals surface area contributed by atoms with E-state index >= 15 is 0 Å². The Morgan fingerprint density at radius 1 is 0.455 bits per heavy atom. The highest BCUT2D eigenvalue weighted by Gasteiger charge is 2.45. The Bertz CT molecular complexity index is 1060. The molecule has 0 heterocycles. The van der Waals surface area contributed by atoms with E-state index in [1.807, 2.05) is 0 Å². The van der Waals surface area contributed by atoms with Gasteiger partial charge in [-0.2, -0.15) is 0 Å². The minimum absolute atomic E-state index is 0.435. The topological polar surface area (TPSA) is 0 Å². The molecule has 0 N–H and O–H groups in total. The highest BCUT2D eigenvalue weighted by molar-refractivity contribution is 9.08. The minimum Gasteiger partial charge on any atom is -0.0876 e. The van der Waals surface area contributed by atoms with Crippen LogP contribution >= 0.6 is 31.9 Å². The number of rotatable bonds is 6. The van der Waals surface area contributed by atoms with Crippen LogP contribution in [0.4, 0.5) is 0 Å². The van der Waals surface area contributed by atoms with Crippen molar-refractivity contribution in [3.8, 4) is 0 Å². The van der Waals surface area contributed by atoms with E-state index < -0.39 is 0 Å². The molecule has 5 rings (SSSR count). The molecule has 4 aromatic carbocycles. The molecule has 4 unspecified atom stereocenters. The second kappa shape index (κ2) is 10.4. The number of hydrogen-bond acceptors (Lipinski definition) is 0. The predicted octanol–water partition coefficient (Wildman–Crippen LogP) is 9.32. The molecular weight excluding hydrogens is 532 g/mol. The van der Waals surface area contributed by atoms with Crippen LogP contribution in [0.2, 0.25) is 0 Å². The molecular formula is C31H28Br2. The Morgan fingerprint density at radius 3 is 1.15 bits per heavy atom. The van der Waals surface area contributed by atoms with Gasteiger partial charge in [0.05, 0.1) is 0 Å². The first-order valence-electron chi connectivity index (χ1n) is 11.7. The van der Waals surface area contributed by atoms with Crippen molar-refractivity contribution in [1.29, 1.82) is 0 Å². The van der Waals surface area contributed by atoms with Gasteiger partial charge in [0.2, 0.25) is 0 Å². The quantitative estimate of drug-likeness (QED) is 0.206. The monoisotopic (exact) mass is 558 g/mol. The summed E-state index contributed by atoms with van der Waals surface area (Å²) in [4.78, 5) is 0. The third kappa shape index (κ3) is 4.74. The van der Waals surface area contributed by atoms with E-state index in [-0.39, 0.29) is 0 Å². The predicted molar refractivity (Wildman–Crippen MR) is 147 cm³/mol. The standard InChI is InChI=1S/C31H28Br2/c32-20-22-11-15-24(16-12-22)28-19-29(25-17-13-23(21-33)14-18-25)31(27-9-5-2-6-10-27)30(28)26-7-3-1-4-8-26/h1-18,28-31H,19-21H2. The third-order valence-electron chi connectivity index (χ3n) is 7.26. The molecule has 0 radical (unpaired) electrons. The first-order valence-corrected chi connectivity index (χ1v) is 13.9. The zero-order valence-electron chi connectivity index (χ0n) is 18.6.